The van der Waals surface area contributed by atoms with Crippen molar-refractivity contribution >= 4 is 29.0 Å². The van der Waals surface area contributed by atoms with Gasteiger partial charge in [0, 0.05) is 16.6 Å². The third-order valence-corrected chi connectivity index (χ3v) is 5.63. The maximum atomic E-state index is 14.1. The summed E-state index contributed by atoms with van der Waals surface area (Å²) in [6.07, 6.45) is 0.698. The van der Waals surface area contributed by atoms with Gasteiger partial charge in [-0.2, -0.15) is 0 Å². The molecule has 2 aromatic carbocycles. The fourth-order valence-electron chi connectivity index (χ4n) is 3.05. The van der Waals surface area contributed by atoms with Crippen molar-refractivity contribution in [3.05, 3.63) is 76.5 Å². The van der Waals surface area contributed by atoms with E-state index in [9.17, 15) is 14.0 Å². The number of benzene rings is 2. The predicted octanol–water partition coefficient (Wildman–Crippen LogP) is 4.68. The Morgan fingerprint density at radius 3 is 2.48 bits per heavy atom. The summed E-state index contributed by atoms with van der Waals surface area (Å²) in [5, 5.41) is 8.41. The van der Waals surface area contributed by atoms with Crippen molar-refractivity contribution in [1.82, 2.24) is 14.9 Å². The van der Waals surface area contributed by atoms with Gasteiger partial charge in [0.1, 0.15) is 11.9 Å². The average molecular weight is 441 g/mol. The van der Waals surface area contributed by atoms with Crippen LogP contribution in [0.5, 0.6) is 0 Å². The van der Waals surface area contributed by atoms with E-state index in [-0.39, 0.29) is 17.3 Å². The Labute approximate surface area is 185 Å². The average Bonchev–Trinajstić information content (AvgIpc) is 3.27. The number of rotatable bonds is 7. The molecule has 0 spiro atoms. The number of nitrogens with zero attached hydrogens (tertiary/aromatic N) is 3. The smallest absolute Gasteiger partial charge is 0.280 e. The monoisotopic (exact) mass is 440 g/mol. The second-order valence-corrected chi connectivity index (χ2v) is 8.59. The van der Waals surface area contributed by atoms with Gasteiger partial charge in [-0.1, -0.05) is 47.3 Å². The molecule has 0 saturated carbocycles. The fraction of sp³-hybridized carbons (Fsp3) is 0.304. The molecular weight excluding hydrogens is 415 g/mol. The zero-order valence-electron chi connectivity index (χ0n) is 17.9. The van der Waals surface area contributed by atoms with Gasteiger partial charge in [-0.05, 0) is 62.5 Å². The fourth-order valence-corrected chi connectivity index (χ4v) is 3.48. The van der Waals surface area contributed by atoms with Crippen LogP contribution in [0.2, 0.25) is 0 Å². The lowest BCUT2D eigenvalue weighted by Crippen LogP contribution is -2.50. The van der Waals surface area contributed by atoms with E-state index in [2.05, 4.69) is 14.9 Å². The summed E-state index contributed by atoms with van der Waals surface area (Å²) in [6, 6.07) is 12.0. The number of amides is 2. The lowest BCUT2D eigenvalue weighted by Gasteiger charge is -2.34. The van der Waals surface area contributed by atoms with Crippen molar-refractivity contribution in [3.63, 3.8) is 0 Å². The molecule has 31 heavy (non-hydrogen) atoms. The maximum Gasteiger partial charge on any atom is 0.280 e. The summed E-state index contributed by atoms with van der Waals surface area (Å²) >= 11 is 1.03. The summed E-state index contributed by atoms with van der Waals surface area (Å²) in [6.45, 7) is 7.73. The van der Waals surface area contributed by atoms with Crippen LogP contribution in [0.1, 0.15) is 54.8 Å². The Kier molecular flexibility index (Phi) is 6.80. The van der Waals surface area contributed by atoms with Gasteiger partial charge < -0.3 is 5.32 Å². The number of nitrogens with one attached hydrogen (secondary N) is 1. The highest BCUT2D eigenvalue weighted by atomic mass is 32.1. The Bertz CT molecular complexity index is 1050. The van der Waals surface area contributed by atoms with Gasteiger partial charge in [-0.25, -0.2) is 4.39 Å². The first-order valence-corrected chi connectivity index (χ1v) is 10.8. The first-order valence-electron chi connectivity index (χ1n) is 9.96. The molecule has 3 rings (SSSR count). The zero-order valence-corrected chi connectivity index (χ0v) is 18.7. The van der Waals surface area contributed by atoms with Crippen molar-refractivity contribution < 1.29 is 14.0 Å². The summed E-state index contributed by atoms with van der Waals surface area (Å²) in [5.74, 6) is -1.41. The van der Waals surface area contributed by atoms with Gasteiger partial charge in [-0.15, -0.1) is 5.10 Å². The molecule has 1 N–H and O–H groups in total. The summed E-state index contributed by atoms with van der Waals surface area (Å²) in [7, 11) is 0. The molecule has 0 aliphatic heterocycles. The number of halogens is 1. The molecule has 2 amide bonds. The van der Waals surface area contributed by atoms with Gasteiger partial charge >= 0.3 is 0 Å². The van der Waals surface area contributed by atoms with Crippen LogP contribution in [0.25, 0.3) is 0 Å². The Balaban J connectivity index is 2.17. The third kappa shape index (κ3) is 5.32. The molecule has 0 unspecified atom stereocenters. The molecule has 0 saturated heterocycles. The molecule has 1 aromatic heterocycles. The number of aromatic nitrogens is 2. The molecule has 0 radical (unpaired) electrons. The normalized spacial score (nSPS) is 12.3. The second-order valence-electron chi connectivity index (χ2n) is 7.99. The van der Waals surface area contributed by atoms with Crippen LogP contribution in [-0.2, 0) is 4.79 Å². The maximum absolute atomic E-state index is 14.1. The van der Waals surface area contributed by atoms with Crippen LogP contribution in [0.15, 0.2) is 53.9 Å². The second kappa shape index (κ2) is 9.34. The standard InChI is InChI=1S/C23H25FN4O2S/c1-5-23(3,4)25-21(29)20(16-11-9-15(2)10-12-16)28(18-8-6-7-17(24)13-18)22(30)19-14-31-27-26-19/h6-14,20H,5H2,1-4H3,(H,25,29)/t20-/m0/s1. The van der Waals surface area contributed by atoms with E-state index >= 15 is 0 Å². The number of carbonyl (C=O) groups excluding carboxylic acids is 2. The SMILES string of the molecule is CCC(C)(C)NC(=O)[C@H](c1ccc(C)cc1)N(C(=O)c1csnn1)c1cccc(F)c1. The minimum absolute atomic E-state index is 0.0916. The molecule has 1 atom stereocenters. The van der Waals surface area contributed by atoms with Gasteiger partial charge in [0.05, 0.1) is 0 Å². The van der Waals surface area contributed by atoms with Crippen molar-refractivity contribution in [3.8, 4) is 0 Å². The first kappa shape index (κ1) is 22.6. The summed E-state index contributed by atoms with van der Waals surface area (Å²) in [5.41, 5.74) is 1.49. The van der Waals surface area contributed by atoms with E-state index in [1.807, 2.05) is 39.8 Å². The van der Waals surface area contributed by atoms with Crippen LogP contribution in [0.4, 0.5) is 10.1 Å². The lowest BCUT2D eigenvalue weighted by molar-refractivity contribution is -0.124. The van der Waals surface area contributed by atoms with Crippen molar-refractivity contribution in [2.75, 3.05) is 4.90 Å². The van der Waals surface area contributed by atoms with Gasteiger partial charge in [0.25, 0.3) is 5.91 Å². The van der Waals surface area contributed by atoms with E-state index in [0.717, 1.165) is 17.1 Å². The molecule has 1 heterocycles. The minimum atomic E-state index is -1.03. The van der Waals surface area contributed by atoms with Crippen molar-refractivity contribution in [1.29, 1.82) is 0 Å². The number of hydrogen-bond donors (Lipinski definition) is 1. The van der Waals surface area contributed by atoms with E-state index in [4.69, 9.17) is 0 Å². The van der Waals surface area contributed by atoms with E-state index in [0.29, 0.717) is 12.0 Å². The van der Waals surface area contributed by atoms with Crippen LogP contribution in [0.3, 0.4) is 0 Å². The zero-order chi connectivity index (χ0) is 22.6. The molecular formula is C23H25FN4O2S. The van der Waals surface area contributed by atoms with Gasteiger partial charge in [0.2, 0.25) is 5.91 Å². The largest absolute Gasteiger partial charge is 0.349 e. The number of carbonyl (C=O) groups is 2. The van der Waals surface area contributed by atoms with Crippen LogP contribution >= 0.6 is 11.5 Å². The van der Waals surface area contributed by atoms with Crippen molar-refractivity contribution in [2.24, 2.45) is 0 Å². The quantitative estimate of drug-likeness (QED) is 0.579. The Morgan fingerprint density at radius 1 is 1.19 bits per heavy atom. The topological polar surface area (TPSA) is 75.2 Å². The number of hydrogen-bond acceptors (Lipinski definition) is 5. The molecule has 0 bridgehead atoms. The van der Waals surface area contributed by atoms with Crippen LogP contribution in [-0.4, -0.2) is 26.9 Å². The molecule has 0 fully saturated rings. The first-order chi connectivity index (χ1) is 14.7. The minimum Gasteiger partial charge on any atom is -0.349 e. The Morgan fingerprint density at radius 2 is 1.90 bits per heavy atom. The highest BCUT2D eigenvalue weighted by Crippen LogP contribution is 2.31. The summed E-state index contributed by atoms with van der Waals surface area (Å²) in [4.78, 5) is 28.3. The van der Waals surface area contributed by atoms with Gasteiger partial charge in [-0.3, -0.25) is 14.5 Å². The molecule has 6 nitrogen and oxygen atoms in total. The third-order valence-electron chi connectivity index (χ3n) is 5.13. The molecule has 8 heteroatoms. The molecule has 162 valence electrons. The number of aryl methyl sites for hydroxylation is 1. The number of anilines is 1. The van der Waals surface area contributed by atoms with E-state index < -0.39 is 23.3 Å². The van der Waals surface area contributed by atoms with Gasteiger partial charge in [0.15, 0.2) is 5.69 Å². The molecule has 0 aliphatic rings. The van der Waals surface area contributed by atoms with E-state index in [1.54, 1.807) is 18.2 Å². The van der Waals surface area contributed by atoms with Crippen LogP contribution in [0, 0.1) is 12.7 Å². The molecule has 3 aromatic rings. The summed E-state index contributed by atoms with van der Waals surface area (Å²) < 4.78 is 17.9. The lowest BCUT2D eigenvalue weighted by atomic mass is 9.97. The highest BCUT2D eigenvalue weighted by Gasteiger charge is 2.36. The van der Waals surface area contributed by atoms with Crippen molar-refractivity contribution in [2.45, 2.75) is 45.7 Å². The highest BCUT2D eigenvalue weighted by molar-refractivity contribution is 7.03. The molecule has 0 aliphatic carbocycles. The van der Waals surface area contributed by atoms with Crippen LogP contribution < -0.4 is 10.2 Å². The van der Waals surface area contributed by atoms with E-state index in [1.165, 1.54) is 28.5 Å². The predicted molar refractivity (Wildman–Crippen MR) is 120 cm³/mol. The Hall–Kier alpha value is -3.13.